The molecule has 0 saturated heterocycles. The fourth-order valence-electron chi connectivity index (χ4n) is 2.20. The molecular weight excluding hydrogens is 295 g/mol. The minimum Gasteiger partial charge on any atom is -0.396 e. The average Bonchev–Trinajstić information content (AvgIpc) is 2.31. The van der Waals surface area contributed by atoms with Crippen molar-refractivity contribution in [2.45, 2.75) is 44.6 Å². The van der Waals surface area contributed by atoms with Crippen molar-refractivity contribution < 1.29 is 17.9 Å². The first-order valence-corrected chi connectivity index (χ1v) is 8.20. The first-order chi connectivity index (χ1) is 9.44. The van der Waals surface area contributed by atoms with Crippen molar-refractivity contribution in [3.63, 3.8) is 0 Å². The number of nitrogen functional groups attached to an aromatic ring is 1. The normalized spacial score (nSPS) is 15.2. The Morgan fingerprint density at radius 1 is 1.43 bits per heavy atom. The van der Waals surface area contributed by atoms with Crippen LogP contribution in [0.5, 0.6) is 0 Å². The SMILES string of the molecule is Cc1cc(S(=O)(=O)NCC(C)(O)CC(C)C)cc(N)c1F. The van der Waals surface area contributed by atoms with Gasteiger partial charge in [0, 0.05) is 6.54 Å². The third-order valence-electron chi connectivity index (χ3n) is 3.06. The Kier molecular flexibility index (Phi) is 5.35. The molecule has 0 amide bonds. The molecule has 0 heterocycles. The van der Waals surface area contributed by atoms with E-state index in [0.717, 1.165) is 6.07 Å². The van der Waals surface area contributed by atoms with E-state index in [0.29, 0.717) is 6.42 Å². The van der Waals surface area contributed by atoms with Crippen LogP contribution in [0.1, 0.15) is 32.8 Å². The summed E-state index contributed by atoms with van der Waals surface area (Å²) in [5.74, 6) is -0.394. The molecule has 120 valence electrons. The highest BCUT2D eigenvalue weighted by Gasteiger charge is 2.25. The van der Waals surface area contributed by atoms with Crippen molar-refractivity contribution in [3.8, 4) is 0 Å². The monoisotopic (exact) mass is 318 g/mol. The molecule has 0 aliphatic heterocycles. The summed E-state index contributed by atoms with van der Waals surface area (Å²) in [5, 5.41) is 10.1. The van der Waals surface area contributed by atoms with Crippen LogP contribution in [0.4, 0.5) is 10.1 Å². The van der Waals surface area contributed by atoms with Crippen LogP contribution in [0.25, 0.3) is 0 Å². The van der Waals surface area contributed by atoms with Gasteiger partial charge in [-0.25, -0.2) is 17.5 Å². The number of hydrogen-bond donors (Lipinski definition) is 3. The van der Waals surface area contributed by atoms with Crippen LogP contribution >= 0.6 is 0 Å². The van der Waals surface area contributed by atoms with Crippen LogP contribution in [0.15, 0.2) is 17.0 Å². The van der Waals surface area contributed by atoms with Gasteiger partial charge in [-0.3, -0.25) is 0 Å². The lowest BCUT2D eigenvalue weighted by Gasteiger charge is -2.25. The maximum Gasteiger partial charge on any atom is 0.240 e. The topological polar surface area (TPSA) is 92.4 Å². The van der Waals surface area contributed by atoms with Crippen LogP contribution in [0.2, 0.25) is 0 Å². The molecule has 0 radical (unpaired) electrons. The van der Waals surface area contributed by atoms with Gasteiger partial charge in [0.1, 0.15) is 5.82 Å². The largest absolute Gasteiger partial charge is 0.396 e. The third-order valence-corrected chi connectivity index (χ3v) is 4.44. The minimum atomic E-state index is -3.85. The molecule has 0 aliphatic rings. The molecule has 7 heteroatoms. The zero-order valence-electron chi connectivity index (χ0n) is 12.8. The van der Waals surface area contributed by atoms with Crippen LogP contribution in [-0.2, 0) is 10.0 Å². The van der Waals surface area contributed by atoms with Crippen molar-refractivity contribution in [1.29, 1.82) is 0 Å². The molecule has 1 unspecified atom stereocenters. The van der Waals surface area contributed by atoms with Crippen LogP contribution in [0.3, 0.4) is 0 Å². The number of halogens is 1. The Morgan fingerprint density at radius 2 is 2.00 bits per heavy atom. The highest BCUT2D eigenvalue weighted by atomic mass is 32.2. The molecule has 5 nitrogen and oxygen atoms in total. The van der Waals surface area contributed by atoms with Gasteiger partial charge in [-0.2, -0.15) is 0 Å². The van der Waals surface area contributed by atoms with Crippen LogP contribution < -0.4 is 10.5 Å². The summed E-state index contributed by atoms with van der Waals surface area (Å²) in [6.07, 6.45) is 0.458. The molecule has 0 aromatic heterocycles. The third kappa shape index (κ3) is 4.94. The Hall–Kier alpha value is -1.18. The standard InChI is InChI=1S/C14H23FN2O3S/c1-9(2)7-14(4,18)8-17-21(19,20)11-5-10(3)13(15)12(16)6-11/h5-6,9,17-18H,7-8,16H2,1-4H3. The summed E-state index contributed by atoms with van der Waals surface area (Å²) < 4.78 is 40.1. The highest BCUT2D eigenvalue weighted by Crippen LogP contribution is 2.21. The first-order valence-electron chi connectivity index (χ1n) is 6.72. The quantitative estimate of drug-likeness (QED) is 0.697. The number of sulfonamides is 1. The van der Waals surface area contributed by atoms with Crippen molar-refractivity contribution in [3.05, 3.63) is 23.5 Å². The molecule has 0 spiro atoms. The molecule has 0 bridgehead atoms. The number of aliphatic hydroxyl groups is 1. The lowest BCUT2D eigenvalue weighted by Crippen LogP contribution is -2.41. The average molecular weight is 318 g/mol. The van der Waals surface area contributed by atoms with Crippen LogP contribution in [0, 0.1) is 18.7 Å². The second kappa shape index (κ2) is 6.29. The predicted octanol–water partition coefficient (Wildman–Crippen LogP) is 1.79. The molecule has 0 aliphatic carbocycles. The van der Waals surface area contributed by atoms with E-state index in [1.807, 2.05) is 13.8 Å². The zero-order valence-corrected chi connectivity index (χ0v) is 13.6. The van der Waals surface area contributed by atoms with Gasteiger partial charge < -0.3 is 10.8 Å². The second-order valence-electron chi connectivity index (χ2n) is 6.06. The van der Waals surface area contributed by atoms with Crippen LogP contribution in [-0.4, -0.2) is 25.7 Å². The number of rotatable bonds is 6. The highest BCUT2D eigenvalue weighted by molar-refractivity contribution is 7.89. The van der Waals surface area contributed by atoms with Gasteiger partial charge in [-0.1, -0.05) is 13.8 Å². The lowest BCUT2D eigenvalue weighted by atomic mass is 9.95. The van der Waals surface area contributed by atoms with E-state index in [2.05, 4.69) is 4.72 Å². The molecule has 4 N–H and O–H groups in total. The van der Waals surface area contributed by atoms with Gasteiger partial charge in [0.05, 0.1) is 16.2 Å². The van der Waals surface area contributed by atoms with E-state index in [-0.39, 0.29) is 28.6 Å². The van der Waals surface area contributed by atoms with Crippen molar-refractivity contribution in [2.75, 3.05) is 12.3 Å². The maximum absolute atomic E-state index is 13.4. The molecule has 1 aromatic rings. The molecule has 0 fully saturated rings. The molecule has 1 rings (SSSR count). The summed E-state index contributed by atoms with van der Waals surface area (Å²) in [6.45, 7) is 6.77. The summed E-state index contributed by atoms with van der Waals surface area (Å²) in [6, 6.07) is 2.28. The Balaban J connectivity index is 2.93. The van der Waals surface area contributed by atoms with E-state index in [4.69, 9.17) is 5.73 Å². The predicted molar refractivity (Wildman–Crippen MR) is 80.8 cm³/mol. The van der Waals surface area contributed by atoms with Gasteiger partial charge >= 0.3 is 0 Å². The van der Waals surface area contributed by atoms with Gasteiger partial charge in [0.25, 0.3) is 0 Å². The fourth-order valence-corrected chi connectivity index (χ4v) is 3.49. The molecule has 0 saturated carbocycles. The number of anilines is 1. The fraction of sp³-hybridized carbons (Fsp3) is 0.571. The molecule has 1 aromatic carbocycles. The van der Waals surface area contributed by atoms with Gasteiger partial charge in [0.2, 0.25) is 10.0 Å². The van der Waals surface area contributed by atoms with Crippen molar-refractivity contribution in [1.82, 2.24) is 4.72 Å². The number of nitrogens with two attached hydrogens (primary N) is 1. The van der Waals surface area contributed by atoms with E-state index in [1.54, 1.807) is 6.92 Å². The van der Waals surface area contributed by atoms with Gasteiger partial charge in [-0.05, 0) is 43.9 Å². The summed E-state index contributed by atoms with van der Waals surface area (Å²) in [7, 11) is -3.85. The lowest BCUT2D eigenvalue weighted by molar-refractivity contribution is 0.0437. The van der Waals surface area contributed by atoms with Gasteiger partial charge in [-0.15, -0.1) is 0 Å². The number of benzene rings is 1. The Morgan fingerprint density at radius 3 is 2.48 bits per heavy atom. The summed E-state index contributed by atoms with van der Waals surface area (Å²) in [4.78, 5) is -0.112. The number of hydrogen-bond acceptors (Lipinski definition) is 4. The molecule has 21 heavy (non-hydrogen) atoms. The zero-order chi connectivity index (χ0) is 16.4. The van der Waals surface area contributed by atoms with E-state index in [1.165, 1.54) is 13.0 Å². The van der Waals surface area contributed by atoms with E-state index in [9.17, 15) is 17.9 Å². The van der Waals surface area contributed by atoms with Gasteiger partial charge in [0.15, 0.2) is 0 Å². The summed E-state index contributed by atoms with van der Waals surface area (Å²) >= 11 is 0. The summed E-state index contributed by atoms with van der Waals surface area (Å²) in [5.41, 5.74) is 4.24. The molecule has 1 atom stereocenters. The smallest absolute Gasteiger partial charge is 0.240 e. The number of nitrogens with one attached hydrogen (secondary N) is 1. The van der Waals surface area contributed by atoms with Crippen molar-refractivity contribution >= 4 is 15.7 Å². The number of aryl methyl sites for hydroxylation is 1. The Labute approximate surface area is 125 Å². The maximum atomic E-state index is 13.4. The van der Waals surface area contributed by atoms with E-state index >= 15 is 0 Å². The van der Waals surface area contributed by atoms with Crippen molar-refractivity contribution in [2.24, 2.45) is 5.92 Å². The first kappa shape index (κ1) is 17.9. The Bertz CT molecular complexity index is 590. The second-order valence-corrected chi connectivity index (χ2v) is 7.83. The minimum absolute atomic E-state index is 0.112. The molecular formula is C14H23FN2O3S. The van der Waals surface area contributed by atoms with E-state index < -0.39 is 21.4 Å².